The summed E-state index contributed by atoms with van der Waals surface area (Å²) in [6, 6.07) is 0. The van der Waals surface area contributed by atoms with Gasteiger partial charge in [0.25, 0.3) is 0 Å². The number of thioether (sulfide) groups is 1. The van der Waals surface area contributed by atoms with Gasteiger partial charge in [-0.15, -0.1) is 0 Å². The number of rotatable bonds is 4. The van der Waals surface area contributed by atoms with Gasteiger partial charge in [0.05, 0.1) is 12.7 Å². The zero-order chi connectivity index (χ0) is 8.32. The largest absolute Gasteiger partial charge is 0.372 e. The molecule has 0 spiro atoms. The van der Waals surface area contributed by atoms with Crippen molar-refractivity contribution in [3.8, 4) is 0 Å². The molecule has 11 heavy (non-hydrogen) atoms. The number of hydrogen-bond acceptors (Lipinski definition) is 2. The van der Waals surface area contributed by atoms with Gasteiger partial charge >= 0.3 is 0 Å². The standard InChI is InChI=1S/C9H18OS/c1-9(2,3)4-5-11-7-8-6-10-8/h8H,4-7H2,1-3H3. The van der Waals surface area contributed by atoms with Crippen LogP contribution in [0, 0.1) is 5.41 Å². The third-order valence-corrected chi connectivity index (χ3v) is 2.80. The van der Waals surface area contributed by atoms with E-state index in [1.54, 1.807) is 0 Å². The van der Waals surface area contributed by atoms with E-state index in [9.17, 15) is 0 Å². The Morgan fingerprint density at radius 1 is 1.45 bits per heavy atom. The molecule has 1 saturated heterocycles. The summed E-state index contributed by atoms with van der Waals surface area (Å²) in [4.78, 5) is 0. The van der Waals surface area contributed by atoms with Gasteiger partial charge in [-0.1, -0.05) is 20.8 Å². The fraction of sp³-hybridized carbons (Fsp3) is 1.00. The predicted octanol–water partition coefficient (Wildman–Crippen LogP) is 2.55. The van der Waals surface area contributed by atoms with Crippen LogP contribution in [0.15, 0.2) is 0 Å². The first kappa shape index (κ1) is 9.40. The highest BCUT2D eigenvalue weighted by Crippen LogP contribution is 2.23. The van der Waals surface area contributed by atoms with Crippen molar-refractivity contribution in [3.63, 3.8) is 0 Å². The number of ether oxygens (including phenoxy) is 1. The van der Waals surface area contributed by atoms with E-state index in [1.807, 2.05) is 11.8 Å². The van der Waals surface area contributed by atoms with Gasteiger partial charge in [-0.05, 0) is 17.6 Å². The van der Waals surface area contributed by atoms with E-state index >= 15 is 0 Å². The van der Waals surface area contributed by atoms with Gasteiger partial charge in [0.2, 0.25) is 0 Å². The van der Waals surface area contributed by atoms with Gasteiger partial charge in [-0.2, -0.15) is 11.8 Å². The molecule has 0 radical (unpaired) electrons. The molecule has 0 aromatic rings. The highest BCUT2D eigenvalue weighted by Gasteiger charge is 2.22. The molecule has 0 aliphatic carbocycles. The molecule has 2 heteroatoms. The Kier molecular flexibility index (Phi) is 3.26. The van der Waals surface area contributed by atoms with Crippen molar-refractivity contribution in [2.75, 3.05) is 18.1 Å². The zero-order valence-electron chi connectivity index (χ0n) is 7.72. The van der Waals surface area contributed by atoms with E-state index in [0.29, 0.717) is 11.5 Å². The first-order valence-electron chi connectivity index (χ1n) is 4.27. The van der Waals surface area contributed by atoms with Gasteiger partial charge < -0.3 is 4.74 Å². The summed E-state index contributed by atoms with van der Waals surface area (Å²) < 4.78 is 5.12. The smallest absolute Gasteiger partial charge is 0.0900 e. The Morgan fingerprint density at radius 2 is 2.09 bits per heavy atom. The molecule has 1 heterocycles. The van der Waals surface area contributed by atoms with Crippen LogP contribution < -0.4 is 0 Å². The van der Waals surface area contributed by atoms with Gasteiger partial charge in [-0.3, -0.25) is 0 Å². The Balaban J connectivity index is 1.87. The molecule has 1 atom stereocenters. The fourth-order valence-electron chi connectivity index (χ4n) is 0.757. The highest BCUT2D eigenvalue weighted by atomic mass is 32.2. The summed E-state index contributed by atoms with van der Waals surface area (Å²) in [7, 11) is 0. The maximum absolute atomic E-state index is 5.12. The second-order valence-electron chi connectivity index (χ2n) is 4.34. The maximum Gasteiger partial charge on any atom is 0.0900 e. The first-order chi connectivity index (χ1) is 5.08. The van der Waals surface area contributed by atoms with Crippen molar-refractivity contribution in [2.45, 2.75) is 33.3 Å². The molecule has 1 rings (SSSR count). The Morgan fingerprint density at radius 3 is 2.55 bits per heavy atom. The predicted molar refractivity (Wildman–Crippen MR) is 51.1 cm³/mol. The van der Waals surface area contributed by atoms with E-state index < -0.39 is 0 Å². The van der Waals surface area contributed by atoms with Crippen LogP contribution in [0.1, 0.15) is 27.2 Å². The fourth-order valence-corrected chi connectivity index (χ4v) is 2.14. The van der Waals surface area contributed by atoms with E-state index in [-0.39, 0.29) is 0 Å². The summed E-state index contributed by atoms with van der Waals surface area (Å²) in [5, 5.41) is 0. The molecule has 1 aliphatic rings. The molecule has 0 aromatic carbocycles. The first-order valence-corrected chi connectivity index (χ1v) is 5.43. The van der Waals surface area contributed by atoms with Crippen LogP contribution in [0.5, 0.6) is 0 Å². The second-order valence-corrected chi connectivity index (χ2v) is 5.49. The van der Waals surface area contributed by atoms with E-state index in [0.717, 1.165) is 6.61 Å². The van der Waals surface area contributed by atoms with Gasteiger partial charge in [-0.25, -0.2) is 0 Å². The molecule has 1 aliphatic heterocycles. The molecule has 1 unspecified atom stereocenters. The average molecular weight is 174 g/mol. The minimum Gasteiger partial charge on any atom is -0.372 e. The summed E-state index contributed by atoms with van der Waals surface area (Å²) in [6.45, 7) is 7.88. The molecule has 1 fully saturated rings. The monoisotopic (exact) mass is 174 g/mol. The van der Waals surface area contributed by atoms with E-state index in [1.165, 1.54) is 17.9 Å². The molecule has 0 aromatic heterocycles. The Labute approximate surface area is 73.9 Å². The average Bonchev–Trinajstić information content (AvgIpc) is 2.60. The van der Waals surface area contributed by atoms with Gasteiger partial charge in [0.1, 0.15) is 0 Å². The van der Waals surface area contributed by atoms with Gasteiger partial charge in [0.15, 0.2) is 0 Å². The highest BCUT2D eigenvalue weighted by molar-refractivity contribution is 7.99. The topological polar surface area (TPSA) is 12.5 Å². The summed E-state index contributed by atoms with van der Waals surface area (Å²) in [5.41, 5.74) is 0.497. The molecular formula is C9H18OS. The van der Waals surface area contributed by atoms with Crippen molar-refractivity contribution in [1.29, 1.82) is 0 Å². The van der Waals surface area contributed by atoms with Crippen molar-refractivity contribution in [2.24, 2.45) is 5.41 Å². The van der Waals surface area contributed by atoms with Gasteiger partial charge in [0, 0.05) is 5.75 Å². The summed E-state index contributed by atoms with van der Waals surface area (Å²) in [6.07, 6.45) is 1.91. The van der Waals surface area contributed by atoms with Crippen LogP contribution in [-0.4, -0.2) is 24.2 Å². The van der Waals surface area contributed by atoms with Crippen LogP contribution in [-0.2, 0) is 4.74 Å². The minimum atomic E-state index is 0.497. The van der Waals surface area contributed by atoms with Crippen molar-refractivity contribution in [1.82, 2.24) is 0 Å². The maximum atomic E-state index is 5.12. The number of epoxide rings is 1. The molecule has 0 amide bonds. The normalized spacial score (nSPS) is 23.7. The lowest BCUT2D eigenvalue weighted by Gasteiger charge is -2.16. The molecule has 0 N–H and O–H groups in total. The van der Waals surface area contributed by atoms with Crippen molar-refractivity contribution < 1.29 is 4.74 Å². The SMILES string of the molecule is CC(C)(C)CCSCC1CO1. The van der Waals surface area contributed by atoms with Crippen LogP contribution >= 0.6 is 11.8 Å². The van der Waals surface area contributed by atoms with Crippen LogP contribution in [0.4, 0.5) is 0 Å². The second kappa shape index (κ2) is 3.81. The van der Waals surface area contributed by atoms with Crippen LogP contribution in [0.25, 0.3) is 0 Å². The molecular weight excluding hydrogens is 156 g/mol. The zero-order valence-corrected chi connectivity index (χ0v) is 8.54. The molecule has 0 saturated carbocycles. The van der Waals surface area contributed by atoms with Crippen molar-refractivity contribution in [3.05, 3.63) is 0 Å². The van der Waals surface area contributed by atoms with E-state index in [2.05, 4.69) is 20.8 Å². The molecule has 66 valence electrons. The van der Waals surface area contributed by atoms with Crippen LogP contribution in [0.2, 0.25) is 0 Å². The molecule has 0 bridgehead atoms. The van der Waals surface area contributed by atoms with E-state index in [4.69, 9.17) is 4.74 Å². The lowest BCUT2D eigenvalue weighted by atomic mass is 9.94. The Bertz CT molecular complexity index is 113. The lowest BCUT2D eigenvalue weighted by Crippen LogP contribution is -2.06. The molecule has 1 nitrogen and oxygen atoms in total. The lowest BCUT2D eigenvalue weighted by molar-refractivity contribution is 0.401. The summed E-state index contributed by atoms with van der Waals surface area (Å²) in [5.74, 6) is 2.49. The summed E-state index contributed by atoms with van der Waals surface area (Å²) >= 11 is 2.03. The third-order valence-electron chi connectivity index (χ3n) is 1.70. The van der Waals surface area contributed by atoms with Crippen molar-refractivity contribution >= 4 is 11.8 Å². The Hall–Kier alpha value is 0.310. The van der Waals surface area contributed by atoms with Crippen LogP contribution in [0.3, 0.4) is 0 Å². The minimum absolute atomic E-state index is 0.497. The number of hydrogen-bond donors (Lipinski definition) is 0. The third kappa shape index (κ3) is 5.57. The quantitative estimate of drug-likeness (QED) is 0.480.